The Hall–Kier alpha value is -3.90. The van der Waals surface area contributed by atoms with Crippen LogP contribution in [0.2, 0.25) is 25.7 Å². The van der Waals surface area contributed by atoms with Crippen LogP contribution in [0.25, 0.3) is 11.2 Å². The van der Waals surface area contributed by atoms with Crippen molar-refractivity contribution in [2.45, 2.75) is 82.5 Å². The number of hydrogen-bond donors (Lipinski definition) is 1. The van der Waals surface area contributed by atoms with E-state index >= 15 is 0 Å². The van der Waals surface area contributed by atoms with Crippen molar-refractivity contribution in [2.24, 2.45) is 0 Å². The molecule has 1 N–H and O–H groups in total. The van der Waals surface area contributed by atoms with Gasteiger partial charge in [-0.1, -0.05) is 37.8 Å². The van der Waals surface area contributed by atoms with Crippen molar-refractivity contribution in [1.29, 1.82) is 0 Å². The zero-order chi connectivity index (χ0) is 32.4. The molecule has 2 aliphatic rings. The molecule has 1 fully saturated rings. The molecular weight excluding hydrogens is 606 g/mol. The lowest BCUT2D eigenvalue weighted by Crippen LogP contribution is -2.46. The number of piperidine rings is 1. The number of urea groups is 1. The van der Waals surface area contributed by atoms with Crippen LogP contribution in [0.5, 0.6) is 0 Å². The van der Waals surface area contributed by atoms with Gasteiger partial charge in [-0.15, -0.1) is 0 Å². The lowest BCUT2D eigenvalue weighted by Gasteiger charge is -2.33. The van der Waals surface area contributed by atoms with Crippen molar-refractivity contribution in [1.82, 2.24) is 29.3 Å². The lowest BCUT2D eigenvalue weighted by molar-refractivity contribution is 0.0861. The minimum Gasteiger partial charge on any atom is -0.361 e. The number of nitrogens with one attached hydrogen (secondary N) is 1. The van der Waals surface area contributed by atoms with Gasteiger partial charge in [0.05, 0.1) is 17.3 Å². The summed E-state index contributed by atoms with van der Waals surface area (Å²) in [5.74, 6) is -1.89. The average Bonchev–Trinajstić information content (AvgIpc) is 3.19. The highest BCUT2D eigenvalue weighted by Gasteiger charge is 2.32. The summed E-state index contributed by atoms with van der Waals surface area (Å²) < 4.78 is 38.1. The second-order valence-corrected chi connectivity index (χ2v) is 19.3. The van der Waals surface area contributed by atoms with E-state index in [-0.39, 0.29) is 36.5 Å². The molecule has 3 aromatic heterocycles. The first-order valence-corrected chi connectivity index (χ1v) is 19.9. The van der Waals surface area contributed by atoms with E-state index in [0.717, 1.165) is 28.9 Å². The van der Waals surface area contributed by atoms with Gasteiger partial charge in [0.2, 0.25) is 0 Å². The number of nitrogens with zero attached hydrogens (tertiary/aromatic N) is 5. The van der Waals surface area contributed by atoms with Crippen LogP contribution < -0.4 is 11.0 Å². The number of likely N-dealkylation sites (tertiary alicyclic amines) is 1. The minimum absolute atomic E-state index is 0.0753. The van der Waals surface area contributed by atoms with Gasteiger partial charge in [-0.05, 0) is 79.5 Å². The largest absolute Gasteiger partial charge is 0.361 e. The molecule has 1 saturated heterocycles. The fourth-order valence-corrected chi connectivity index (χ4v) is 7.49. The first kappa shape index (κ1) is 32.1. The van der Waals surface area contributed by atoms with Crippen LogP contribution in [-0.4, -0.2) is 57.8 Å². The molecule has 0 spiro atoms. The van der Waals surface area contributed by atoms with Gasteiger partial charge >= 0.3 is 11.7 Å². The van der Waals surface area contributed by atoms with Crippen LogP contribution in [-0.2, 0) is 17.9 Å². The second-order valence-electron chi connectivity index (χ2n) is 13.7. The summed E-state index contributed by atoms with van der Waals surface area (Å²) >= 11 is 0. The molecule has 1 aliphatic carbocycles. The zero-order valence-electron chi connectivity index (χ0n) is 26.7. The number of fused-ring (bicyclic) bond motifs is 2. The third-order valence-corrected chi connectivity index (χ3v) is 11.0. The van der Waals surface area contributed by atoms with E-state index in [1.807, 2.05) is 28.8 Å². The molecule has 9 nitrogen and oxygen atoms in total. The number of hydrogen-bond acceptors (Lipinski definition) is 5. The normalized spacial score (nSPS) is 19.2. The van der Waals surface area contributed by atoms with Crippen molar-refractivity contribution in [3.8, 4) is 0 Å². The summed E-state index contributed by atoms with van der Waals surface area (Å²) in [5, 5.41) is 3.18. The van der Waals surface area contributed by atoms with E-state index in [2.05, 4.69) is 34.9 Å². The number of carbonyl (C=O) groups excluding carboxylic acids is 1. The number of pyridine rings is 2. The Bertz CT molecular complexity index is 1760. The molecule has 4 heterocycles. The van der Waals surface area contributed by atoms with Crippen molar-refractivity contribution in [3.05, 3.63) is 93.8 Å². The maximum Gasteiger partial charge on any atom is 0.332 e. The number of benzene rings is 1. The monoisotopic (exact) mass is 648 g/mol. The Labute approximate surface area is 268 Å². The molecule has 0 radical (unpaired) electrons. The Balaban J connectivity index is 1.12. The SMILES string of the molecule is C[Si](C)(C)CCOCn1c(=O)n(C2CCN(C(=O)NC3CCC(c4cccc(F)c4F)Cc4cccnc43)CC2)c2cccnc21. The van der Waals surface area contributed by atoms with Crippen LogP contribution in [0.1, 0.15) is 60.5 Å². The summed E-state index contributed by atoms with van der Waals surface area (Å²) in [6, 6.07) is 12.2. The highest BCUT2D eigenvalue weighted by molar-refractivity contribution is 6.76. The molecule has 2 unspecified atom stereocenters. The molecule has 0 saturated carbocycles. The van der Waals surface area contributed by atoms with E-state index in [0.29, 0.717) is 63.0 Å². The molecule has 2 atom stereocenters. The Morgan fingerprint density at radius 3 is 2.54 bits per heavy atom. The van der Waals surface area contributed by atoms with Gasteiger partial charge in [0.25, 0.3) is 0 Å². The maximum absolute atomic E-state index is 14.7. The first-order valence-electron chi connectivity index (χ1n) is 16.2. The van der Waals surface area contributed by atoms with Crippen LogP contribution in [0.3, 0.4) is 0 Å². The first-order chi connectivity index (χ1) is 22.1. The highest BCUT2D eigenvalue weighted by atomic mass is 28.3. The van der Waals surface area contributed by atoms with E-state index in [9.17, 15) is 18.4 Å². The number of imidazole rings is 1. The van der Waals surface area contributed by atoms with Gasteiger partial charge in [0, 0.05) is 46.2 Å². The molecular formula is C34H42F2N6O3Si. The topological polar surface area (TPSA) is 94.3 Å². The van der Waals surface area contributed by atoms with E-state index in [1.165, 1.54) is 6.07 Å². The smallest absolute Gasteiger partial charge is 0.332 e. The summed E-state index contributed by atoms with van der Waals surface area (Å²) in [6.45, 7) is 8.63. The molecule has 1 aliphatic heterocycles. The van der Waals surface area contributed by atoms with E-state index in [4.69, 9.17) is 4.74 Å². The third kappa shape index (κ3) is 6.78. The van der Waals surface area contributed by atoms with Crippen LogP contribution in [0.4, 0.5) is 13.6 Å². The van der Waals surface area contributed by atoms with Crippen molar-refractivity contribution < 1.29 is 18.3 Å². The average molecular weight is 649 g/mol. The summed E-state index contributed by atoms with van der Waals surface area (Å²) in [7, 11) is -1.26. The van der Waals surface area contributed by atoms with E-state index in [1.54, 1.807) is 27.9 Å². The Kier molecular flexibility index (Phi) is 9.37. The quantitative estimate of drug-likeness (QED) is 0.136. The fraction of sp³-hybridized carbons (Fsp3) is 0.471. The molecule has 12 heteroatoms. The highest BCUT2D eigenvalue weighted by Crippen LogP contribution is 2.37. The van der Waals surface area contributed by atoms with Crippen molar-refractivity contribution in [3.63, 3.8) is 0 Å². The molecule has 1 aromatic carbocycles. The lowest BCUT2D eigenvalue weighted by atomic mass is 9.90. The molecule has 2 amide bonds. The van der Waals surface area contributed by atoms with Gasteiger partial charge in [-0.25, -0.2) is 23.4 Å². The number of carbonyl (C=O) groups is 1. The van der Waals surface area contributed by atoms with Crippen molar-refractivity contribution in [2.75, 3.05) is 19.7 Å². The standard InChI is InChI=1S/C34H42F2N6O3Si/c1-46(2,3)20-19-45-22-41-32-29(10-6-16-38-32)42(34(41)44)25-13-17-40(18-14-25)33(43)39-28-12-11-23(21-24-7-5-15-37-31(24)28)26-8-4-9-27(35)30(26)36/h4-10,15-16,23,25,28H,11-14,17-22H2,1-3H3,(H,39,43). The molecule has 46 heavy (non-hydrogen) atoms. The number of aromatic nitrogens is 4. The van der Waals surface area contributed by atoms with Crippen molar-refractivity contribution >= 4 is 25.3 Å². The van der Waals surface area contributed by atoms with Crippen LogP contribution in [0.15, 0.2) is 59.7 Å². The Morgan fingerprint density at radius 2 is 1.76 bits per heavy atom. The fourth-order valence-electron chi connectivity index (χ4n) is 6.73. The molecule has 244 valence electrons. The van der Waals surface area contributed by atoms with E-state index < -0.39 is 19.7 Å². The molecule has 0 bridgehead atoms. The molecule has 4 aromatic rings. The third-order valence-electron chi connectivity index (χ3n) is 9.30. The number of halogens is 2. The van der Waals surface area contributed by atoms with Crippen LogP contribution in [0, 0.1) is 11.6 Å². The second kappa shape index (κ2) is 13.4. The van der Waals surface area contributed by atoms with Gasteiger partial charge in [-0.3, -0.25) is 14.1 Å². The summed E-state index contributed by atoms with van der Waals surface area (Å²) in [4.78, 5) is 38.1. The van der Waals surface area contributed by atoms with Gasteiger partial charge in [-0.2, -0.15) is 0 Å². The summed E-state index contributed by atoms with van der Waals surface area (Å²) in [6.07, 6.45) is 6.28. The van der Waals surface area contributed by atoms with Crippen LogP contribution >= 0.6 is 0 Å². The Morgan fingerprint density at radius 1 is 1.00 bits per heavy atom. The molecule has 6 rings (SSSR count). The number of rotatable bonds is 8. The zero-order valence-corrected chi connectivity index (χ0v) is 27.7. The van der Waals surface area contributed by atoms with Gasteiger partial charge in [0.1, 0.15) is 6.73 Å². The number of amides is 2. The minimum atomic E-state index is -1.26. The van der Waals surface area contributed by atoms with Gasteiger partial charge in [0.15, 0.2) is 17.3 Å². The summed E-state index contributed by atoms with van der Waals surface area (Å²) in [5.41, 5.74) is 3.28. The predicted octanol–water partition coefficient (Wildman–Crippen LogP) is 6.39. The maximum atomic E-state index is 14.7. The van der Waals surface area contributed by atoms with Gasteiger partial charge < -0.3 is 15.0 Å². The predicted molar refractivity (Wildman–Crippen MR) is 175 cm³/mol. The number of ether oxygens (including phenoxy) is 1.